The van der Waals surface area contributed by atoms with E-state index in [0.29, 0.717) is 19.7 Å². The van der Waals surface area contributed by atoms with Gasteiger partial charge >= 0.3 is 6.09 Å². The molecule has 1 fully saturated rings. The van der Waals surface area contributed by atoms with Gasteiger partial charge in [0.05, 0.1) is 6.61 Å². The maximum Gasteiger partial charge on any atom is 0.409 e. The highest BCUT2D eigenvalue weighted by atomic mass is 16.6. The molecular weight excluding hydrogens is 304 g/mol. The highest BCUT2D eigenvalue weighted by Crippen LogP contribution is 2.06. The predicted molar refractivity (Wildman–Crippen MR) is 96.4 cm³/mol. The zero-order valence-corrected chi connectivity index (χ0v) is 14.9. The molecule has 1 aromatic rings. The molecule has 1 aliphatic heterocycles. The number of hydrogen-bond donors (Lipinski definition) is 1. The minimum absolute atomic E-state index is 0.223. The Labute approximate surface area is 144 Å². The topological polar surface area (TPSA) is 57.2 Å². The van der Waals surface area contributed by atoms with Crippen molar-refractivity contribution in [2.45, 2.75) is 20.3 Å². The molecule has 1 amide bonds. The van der Waals surface area contributed by atoms with Gasteiger partial charge in [-0.3, -0.25) is 4.99 Å². The molecule has 6 nitrogen and oxygen atoms in total. The molecule has 1 aromatic carbocycles. The van der Waals surface area contributed by atoms with Crippen molar-refractivity contribution in [1.29, 1.82) is 0 Å². The van der Waals surface area contributed by atoms with Crippen LogP contribution in [-0.2, 0) is 11.2 Å². The van der Waals surface area contributed by atoms with E-state index in [2.05, 4.69) is 46.4 Å². The van der Waals surface area contributed by atoms with Crippen LogP contribution in [0.3, 0.4) is 0 Å². The van der Waals surface area contributed by atoms with Gasteiger partial charge in [-0.05, 0) is 25.8 Å². The van der Waals surface area contributed by atoms with Crippen molar-refractivity contribution in [3.05, 3.63) is 35.4 Å². The summed E-state index contributed by atoms with van der Waals surface area (Å²) in [5.41, 5.74) is 2.61. The number of nitrogens with one attached hydrogen (secondary N) is 1. The van der Waals surface area contributed by atoms with Crippen LogP contribution in [0.25, 0.3) is 0 Å². The maximum atomic E-state index is 11.7. The monoisotopic (exact) mass is 332 g/mol. The standard InChI is InChI=1S/C18H28N4O2/c1-4-24-18(23)22-12-10-21(11-13-22)17(19-3)20-9-8-16-7-5-6-15(2)14-16/h5-7,14H,4,8-13H2,1-3H3,(H,19,20). The summed E-state index contributed by atoms with van der Waals surface area (Å²) in [6, 6.07) is 8.56. The molecule has 2 rings (SSSR count). The third-order valence-electron chi connectivity index (χ3n) is 4.10. The quantitative estimate of drug-likeness (QED) is 0.676. The minimum Gasteiger partial charge on any atom is -0.450 e. The second-order valence-electron chi connectivity index (χ2n) is 5.89. The summed E-state index contributed by atoms with van der Waals surface area (Å²) >= 11 is 0. The van der Waals surface area contributed by atoms with E-state index in [1.165, 1.54) is 11.1 Å². The van der Waals surface area contributed by atoms with Crippen molar-refractivity contribution in [3.63, 3.8) is 0 Å². The lowest BCUT2D eigenvalue weighted by Crippen LogP contribution is -2.54. The maximum absolute atomic E-state index is 11.7. The van der Waals surface area contributed by atoms with Gasteiger partial charge in [-0.25, -0.2) is 4.79 Å². The van der Waals surface area contributed by atoms with Gasteiger partial charge in [-0.2, -0.15) is 0 Å². The normalized spacial score (nSPS) is 15.4. The number of guanidine groups is 1. The summed E-state index contributed by atoms with van der Waals surface area (Å²) in [4.78, 5) is 20.0. The highest BCUT2D eigenvalue weighted by Gasteiger charge is 2.23. The molecule has 0 radical (unpaired) electrons. The molecule has 1 saturated heterocycles. The first-order valence-corrected chi connectivity index (χ1v) is 8.57. The number of carbonyl (C=O) groups is 1. The van der Waals surface area contributed by atoms with Crippen molar-refractivity contribution in [2.24, 2.45) is 4.99 Å². The Morgan fingerprint density at radius 1 is 1.25 bits per heavy atom. The molecule has 1 N–H and O–H groups in total. The second-order valence-corrected chi connectivity index (χ2v) is 5.89. The first kappa shape index (κ1) is 18.1. The first-order chi connectivity index (χ1) is 11.6. The van der Waals surface area contributed by atoms with Crippen molar-refractivity contribution in [2.75, 3.05) is 46.4 Å². The summed E-state index contributed by atoms with van der Waals surface area (Å²) in [6.07, 6.45) is 0.739. The molecule has 0 unspecified atom stereocenters. The fourth-order valence-electron chi connectivity index (χ4n) is 2.83. The average Bonchev–Trinajstić information content (AvgIpc) is 2.59. The fourth-order valence-corrected chi connectivity index (χ4v) is 2.83. The van der Waals surface area contributed by atoms with Crippen LogP contribution < -0.4 is 5.32 Å². The number of aliphatic imine (C=N–C) groups is 1. The minimum atomic E-state index is -0.223. The van der Waals surface area contributed by atoms with Crippen LogP contribution in [0.15, 0.2) is 29.3 Å². The molecule has 24 heavy (non-hydrogen) atoms. The molecule has 1 aliphatic rings. The van der Waals surface area contributed by atoms with E-state index in [0.717, 1.165) is 32.0 Å². The van der Waals surface area contributed by atoms with Crippen molar-refractivity contribution in [1.82, 2.24) is 15.1 Å². The van der Waals surface area contributed by atoms with Crippen LogP contribution in [-0.4, -0.2) is 68.2 Å². The van der Waals surface area contributed by atoms with Gasteiger partial charge < -0.3 is 19.9 Å². The number of carbonyl (C=O) groups excluding carboxylic acids is 1. The molecule has 1 heterocycles. The Morgan fingerprint density at radius 2 is 1.96 bits per heavy atom. The largest absolute Gasteiger partial charge is 0.450 e. The summed E-state index contributed by atoms with van der Waals surface area (Å²) < 4.78 is 5.05. The van der Waals surface area contributed by atoms with Crippen LogP contribution in [0, 0.1) is 6.92 Å². The van der Waals surface area contributed by atoms with Crippen LogP contribution in [0.2, 0.25) is 0 Å². The molecule has 0 saturated carbocycles. The van der Waals surface area contributed by atoms with Gasteiger partial charge in [0.1, 0.15) is 0 Å². The smallest absolute Gasteiger partial charge is 0.409 e. The lowest BCUT2D eigenvalue weighted by molar-refractivity contribution is 0.0915. The number of piperazine rings is 1. The summed E-state index contributed by atoms with van der Waals surface area (Å²) in [5, 5.41) is 3.42. The van der Waals surface area contributed by atoms with E-state index >= 15 is 0 Å². The highest BCUT2D eigenvalue weighted by molar-refractivity contribution is 5.80. The van der Waals surface area contributed by atoms with E-state index < -0.39 is 0 Å². The summed E-state index contributed by atoms with van der Waals surface area (Å²) in [6.45, 7) is 8.06. The van der Waals surface area contributed by atoms with E-state index in [-0.39, 0.29) is 6.09 Å². The third kappa shape index (κ3) is 5.15. The number of ether oxygens (including phenoxy) is 1. The molecule has 132 valence electrons. The van der Waals surface area contributed by atoms with Crippen molar-refractivity contribution >= 4 is 12.1 Å². The van der Waals surface area contributed by atoms with Crippen molar-refractivity contribution in [3.8, 4) is 0 Å². The molecular formula is C18H28N4O2. The second kappa shape index (κ2) is 9.15. The van der Waals surface area contributed by atoms with Crippen LogP contribution >= 0.6 is 0 Å². The van der Waals surface area contributed by atoms with Gasteiger partial charge in [0.25, 0.3) is 0 Å². The van der Waals surface area contributed by atoms with E-state index in [9.17, 15) is 4.79 Å². The average molecular weight is 332 g/mol. The number of rotatable bonds is 4. The molecule has 6 heteroatoms. The molecule has 0 spiro atoms. The van der Waals surface area contributed by atoms with Crippen LogP contribution in [0.1, 0.15) is 18.1 Å². The van der Waals surface area contributed by atoms with Gasteiger partial charge in [0.15, 0.2) is 5.96 Å². The van der Waals surface area contributed by atoms with Gasteiger partial charge in [0.2, 0.25) is 0 Å². The lowest BCUT2D eigenvalue weighted by atomic mass is 10.1. The predicted octanol–water partition coefficient (Wildman–Crippen LogP) is 1.89. The molecule has 0 aromatic heterocycles. The van der Waals surface area contributed by atoms with Crippen LogP contribution in [0.5, 0.6) is 0 Å². The Morgan fingerprint density at radius 3 is 2.58 bits per heavy atom. The summed E-state index contributed by atoms with van der Waals surface area (Å²) in [5.74, 6) is 0.895. The Kier molecular flexibility index (Phi) is 6.90. The first-order valence-electron chi connectivity index (χ1n) is 8.57. The van der Waals surface area contributed by atoms with Crippen molar-refractivity contribution < 1.29 is 9.53 Å². The van der Waals surface area contributed by atoms with E-state index in [1.807, 2.05) is 6.92 Å². The molecule has 0 bridgehead atoms. The lowest BCUT2D eigenvalue weighted by Gasteiger charge is -2.35. The Bertz CT molecular complexity index is 566. The Hall–Kier alpha value is -2.24. The number of nitrogens with zero attached hydrogens (tertiary/aromatic N) is 3. The molecule has 0 aliphatic carbocycles. The number of hydrogen-bond acceptors (Lipinski definition) is 3. The van der Waals surface area contributed by atoms with E-state index in [1.54, 1.807) is 11.9 Å². The Balaban J connectivity index is 1.77. The molecule has 0 atom stereocenters. The van der Waals surface area contributed by atoms with E-state index in [4.69, 9.17) is 4.74 Å². The fraction of sp³-hybridized carbons (Fsp3) is 0.556. The zero-order valence-electron chi connectivity index (χ0n) is 14.9. The number of aryl methyl sites for hydroxylation is 1. The van der Waals surface area contributed by atoms with Crippen LogP contribution in [0.4, 0.5) is 4.79 Å². The number of benzene rings is 1. The van der Waals surface area contributed by atoms with Gasteiger partial charge in [0, 0.05) is 39.8 Å². The SMILES string of the molecule is CCOC(=O)N1CCN(C(=NC)NCCc2cccc(C)c2)CC1. The van der Waals surface area contributed by atoms with Gasteiger partial charge in [-0.1, -0.05) is 29.8 Å². The number of amides is 1. The van der Waals surface area contributed by atoms with Gasteiger partial charge in [-0.15, -0.1) is 0 Å². The summed E-state index contributed by atoms with van der Waals surface area (Å²) in [7, 11) is 1.80. The zero-order chi connectivity index (χ0) is 17.4. The third-order valence-corrected chi connectivity index (χ3v) is 4.10.